The fraction of sp³-hybridized carbons (Fsp3) is 0.409. The smallest absolute Gasteiger partial charge is 0.326 e. The summed E-state index contributed by atoms with van der Waals surface area (Å²) in [6, 6.07) is 3.56. The topological polar surface area (TPSA) is 81.3 Å². The second-order valence-corrected chi connectivity index (χ2v) is 8.08. The largest absolute Gasteiger partial charge is 0.488 e. The molecule has 2 N–H and O–H groups in total. The first kappa shape index (κ1) is 18.0. The number of rotatable bonds is 3. The van der Waals surface area contributed by atoms with Gasteiger partial charge in [-0.25, -0.2) is 9.79 Å². The standard InChI is InChI=1S/C22H24N4O3/c1-25-12-16(14-10-11-23-18(14)21(25)27)15-8-9-17-19(24-22(28)26(17)2)20(15)29-13-6-4-3-5-7-13/h8-13,18H,3-7H2,1-2H3,(H,24,28)/p+1. The van der Waals surface area contributed by atoms with E-state index < -0.39 is 0 Å². The van der Waals surface area contributed by atoms with E-state index in [4.69, 9.17) is 4.74 Å². The molecule has 1 saturated carbocycles. The van der Waals surface area contributed by atoms with Crippen LogP contribution < -0.4 is 15.4 Å². The summed E-state index contributed by atoms with van der Waals surface area (Å²) >= 11 is 0. The molecule has 7 nitrogen and oxygen atoms in total. The van der Waals surface area contributed by atoms with Crippen LogP contribution in [-0.2, 0) is 11.8 Å². The number of fused-ring (bicyclic) bond motifs is 2. The van der Waals surface area contributed by atoms with Crippen molar-refractivity contribution in [2.45, 2.75) is 44.2 Å². The van der Waals surface area contributed by atoms with Crippen LogP contribution in [0.15, 0.2) is 34.8 Å². The Morgan fingerprint density at radius 2 is 1.93 bits per heavy atom. The van der Waals surface area contributed by atoms with Crippen LogP contribution in [0.4, 0.5) is 0 Å². The lowest BCUT2D eigenvalue weighted by Gasteiger charge is -2.28. The zero-order chi connectivity index (χ0) is 20.1. The van der Waals surface area contributed by atoms with Gasteiger partial charge in [-0.3, -0.25) is 9.36 Å². The molecule has 1 aromatic carbocycles. The van der Waals surface area contributed by atoms with Gasteiger partial charge < -0.3 is 14.6 Å². The molecule has 0 radical (unpaired) electrons. The first-order chi connectivity index (χ1) is 14.0. The van der Waals surface area contributed by atoms with Crippen molar-refractivity contribution in [1.29, 1.82) is 0 Å². The van der Waals surface area contributed by atoms with Crippen LogP contribution in [0, 0.1) is 0 Å². The highest BCUT2D eigenvalue weighted by atomic mass is 16.5. The van der Waals surface area contributed by atoms with E-state index in [1.54, 1.807) is 23.6 Å². The molecule has 1 amide bonds. The molecule has 3 heterocycles. The SMILES string of the molecule is CN1C=C(c2ccc3c([nH]c(=O)n3C)c2OC2CCCCC2)C2=CC=[NH+]C2C1=O. The molecule has 1 aliphatic carbocycles. The van der Waals surface area contributed by atoms with E-state index in [0.29, 0.717) is 11.3 Å². The van der Waals surface area contributed by atoms with Crippen molar-refractivity contribution >= 4 is 28.7 Å². The van der Waals surface area contributed by atoms with Crippen molar-refractivity contribution in [3.05, 3.63) is 46.0 Å². The fourth-order valence-electron chi connectivity index (χ4n) is 4.59. The summed E-state index contributed by atoms with van der Waals surface area (Å²) in [4.78, 5) is 32.6. The highest BCUT2D eigenvalue weighted by Crippen LogP contribution is 2.40. The van der Waals surface area contributed by atoms with Gasteiger partial charge in [0.05, 0.1) is 11.6 Å². The summed E-state index contributed by atoms with van der Waals surface area (Å²) in [5, 5.41) is 0. The quantitative estimate of drug-likeness (QED) is 0.811. The minimum Gasteiger partial charge on any atom is -0.488 e. The molecule has 0 spiro atoms. The van der Waals surface area contributed by atoms with Crippen molar-refractivity contribution < 1.29 is 14.5 Å². The molecule has 7 heteroatoms. The Labute approximate surface area is 168 Å². The number of nitrogens with zero attached hydrogens (tertiary/aromatic N) is 2. The second-order valence-electron chi connectivity index (χ2n) is 8.08. The van der Waals surface area contributed by atoms with Crippen molar-refractivity contribution in [1.82, 2.24) is 14.5 Å². The molecule has 0 saturated heterocycles. The molecular formula is C22H25N4O3+. The number of likely N-dealkylation sites (N-methyl/N-ethyl adjacent to an activating group) is 1. The van der Waals surface area contributed by atoms with E-state index in [0.717, 1.165) is 47.9 Å². The average molecular weight is 393 g/mol. The molecule has 2 aliphatic heterocycles. The first-order valence-electron chi connectivity index (χ1n) is 10.2. The third-order valence-electron chi connectivity index (χ3n) is 6.23. The number of hydrogen-bond acceptors (Lipinski definition) is 3. The van der Waals surface area contributed by atoms with Crippen molar-refractivity contribution in [2.24, 2.45) is 7.05 Å². The van der Waals surface area contributed by atoms with Gasteiger partial charge in [0.25, 0.3) is 11.9 Å². The Bertz CT molecular complexity index is 1140. The van der Waals surface area contributed by atoms with Crippen LogP contribution in [0.2, 0.25) is 0 Å². The van der Waals surface area contributed by atoms with Crippen LogP contribution in [0.1, 0.15) is 37.7 Å². The number of aromatic nitrogens is 2. The third kappa shape index (κ3) is 2.84. The van der Waals surface area contributed by atoms with Crippen LogP contribution in [0.5, 0.6) is 5.75 Å². The highest BCUT2D eigenvalue weighted by Gasteiger charge is 2.39. The first-order valence-corrected chi connectivity index (χ1v) is 10.2. The number of benzene rings is 1. The Morgan fingerprint density at radius 3 is 2.72 bits per heavy atom. The molecule has 3 aliphatic rings. The molecule has 1 fully saturated rings. The molecule has 1 unspecified atom stereocenters. The van der Waals surface area contributed by atoms with Gasteiger partial charge in [-0.15, -0.1) is 0 Å². The minimum atomic E-state index is -0.381. The van der Waals surface area contributed by atoms with Gasteiger partial charge in [0.2, 0.25) is 0 Å². The fourth-order valence-corrected chi connectivity index (χ4v) is 4.59. The monoisotopic (exact) mass is 393 g/mol. The zero-order valence-corrected chi connectivity index (χ0v) is 16.7. The molecule has 5 rings (SSSR count). The van der Waals surface area contributed by atoms with Gasteiger partial charge in [0.15, 0.2) is 12.0 Å². The van der Waals surface area contributed by atoms with Gasteiger partial charge in [0.1, 0.15) is 5.52 Å². The predicted molar refractivity (Wildman–Crippen MR) is 111 cm³/mol. The van der Waals surface area contributed by atoms with Gasteiger partial charge in [-0.05, 0) is 37.8 Å². The van der Waals surface area contributed by atoms with Gasteiger partial charge >= 0.3 is 5.69 Å². The number of hydrogen-bond donors (Lipinski definition) is 2. The van der Waals surface area contributed by atoms with Crippen LogP contribution in [-0.4, -0.2) is 45.8 Å². The normalized spacial score (nSPS) is 22.1. The molecule has 1 atom stereocenters. The maximum Gasteiger partial charge on any atom is 0.326 e. The van der Waals surface area contributed by atoms with E-state index in [-0.39, 0.29) is 23.7 Å². The molecule has 0 bridgehead atoms. The number of aromatic amines is 1. The molecule has 29 heavy (non-hydrogen) atoms. The number of carbonyl (C=O) groups is 1. The second kappa shape index (κ2) is 6.76. The number of allylic oxidation sites excluding steroid dienone is 1. The number of aryl methyl sites for hydroxylation is 1. The van der Waals surface area contributed by atoms with E-state index in [1.165, 1.54) is 6.42 Å². The van der Waals surface area contributed by atoms with E-state index in [2.05, 4.69) is 9.98 Å². The maximum absolute atomic E-state index is 12.5. The number of nitrogens with one attached hydrogen (secondary N) is 2. The summed E-state index contributed by atoms with van der Waals surface area (Å²) in [6.45, 7) is 0. The summed E-state index contributed by atoms with van der Waals surface area (Å²) in [6.07, 6.45) is 11.4. The lowest BCUT2D eigenvalue weighted by atomic mass is 9.90. The molecular weight excluding hydrogens is 368 g/mol. The Hall–Kier alpha value is -3.09. The lowest BCUT2D eigenvalue weighted by molar-refractivity contribution is -0.467. The average Bonchev–Trinajstić information content (AvgIpc) is 3.32. The van der Waals surface area contributed by atoms with Gasteiger partial charge in [0, 0.05) is 43.1 Å². The predicted octanol–water partition coefficient (Wildman–Crippen LogP) is 0.851. The Morgan fingerprint density at radius 1 is 1.14 bits per heavy atom. The van der Waals surface area contributed by atoms with E-state index >= 15 is 0 Å². The van der Waals surface area contributed by atoms with Crippen molar-refractivity contribution in [3.63, 3.8) is 0 Å². The van der Waals surface area contributed by atoms with Crippen molar-refractivity contribution in [2.75, 3.05) is 7.05 Å². The van der Waals surface area contributed by atoms with Gasteiger partial charge in [-0.2, -0.15) is 0 Å². The number of carbonyl (C=O) groups excluding carboxylic acids is 1. The maximum atomic E-state index is 12.5. The Kier molecular flexibility index (Phi) is 4.19. The number of H-pyrrole nitrogens is 1. The van der Waals surface area contributed by atoms with Crippen LogP contribution >= 0.6 is 0 Å². The summed E-state index contributed by atoms with van der Waals surface area (Å²) < 4.78 is 8.15. The number of ether oxygens (including phenoxy) is 1. The molecule has 1 aromatic heterocycles. The molecule has 150 valence electrons. The highest BCUT2D eigenvalue weighted by molar-refractivity contribution is 6.03. The van der Waals surface area contributed by atoms with E-state index in [9.17, 15) is 9.59 Å². The van der Waals surface area contributed by atoms with Crippen LogP contribution in [0.25, 0.3) is 16.6 Å². The van der Waals surface area contributed by atoms with Crippen molar-refractivity contribution in [3.8, 4) is 5.75 Å². The third-order valence-corrected chi connectivity index (χ3v) is 6.23. The zero-order valence-electron chi connectivity index (χ0n) is 16.7. The summed E-state index contributed by atoms with van der Waals surface area (Å²) in [5.74, 6) is 0.713. The molecule has 2 aromatic rings. The van der Waals surface area contributed by atoms with Gasteiger partial charge in [-0.1, -0.05) is 6.42 Å². The Balaban J connectivity index is 1.69. The minimum absolute atomic E-state index is 0.0118. The summed E-state index contributed by atoms with van der Waals surface area (Å²) in [5.41, 5.74) is 4.14. The lowest BCUT2D eigenvalue weighted by Crippen LogP contribution is -2.78. The number of imidazole rings is 1. The number of amides is 1. The van der Waals surface area contributed by atoms with Crippen LogP contribution in [0.3, 0.4) is 0 Å². The summed E-state index contributed by atoms with van der Waals surface area (Å²) in [7, 11) is 3.52. The van der Waals surface area contributed by atoms with E-state index in [1.807, 2.05) is 30.6 Å².